The van der Waals surface area contributed by atoms with Crippen molar-refractivity contribution >= 4 is 17.4 Å². The van der Waals surface area contributed by atoms with E-state index in [0.29, 0.717) is 12.1 Å². The van der Waals surface area contributed by atoms with E-state index < -0.39 is 0 Å². The van der Waals surface area contributed by atoms with Crippen molar-refractivity contribution in [1.82, 2.24) is 15.3 Å². The van der Waals surface area contributed by atoms with Crippen LogP contribution in [0.2, 0.25) is 0 Å². The number of benzene rings is 1. The highest BCUT2D eigenvalue weighted by Crippen LogP contribution is 2.29. The predicted molar refractivity (Wildman–Crippen MR) is 108 cm³/mol. The van der Waals surface area contributed by atoms with Gasteiger partial charge in [0.05, 0.1) is 17.9 Å². The number of aliphatic hydroxyl groups excluding tert-OH is 1. The Hall–Kier alpha value is -2.08. The third-order valence-electron chi connectivity index (χ3n) is 4.67. The molecule has 0 atom stereocenters. The maximum absolute atomic E-state index is 9.96. The first-order chi connectivity index (χ1) is 13.1. The molecule has 2 fully saturated rings. The van der Waals surface area contributed by atoms with E-state index in [1.165, 1.54) is 51.4 Å². The number of fused-ring (bicyclic) bond motifs is 1. The summed E-state index contributed by atoms with van der Waals surface area (Å²) in [5, 5.41) is 10.9. The molecule has 150 valence electrons. The zero-order valence-corrected chi connectivity index (χ0v) is 16.5. The molecule has 0 unspecified atom stereocenters. The number of imidazole rings is 1. The third-order valence-corrected chi connectivity index (χ3v) is 4.67. The molecule has 0 radical (unpaired) electrons. The molecule has 2 aliphatic rings. The molecule has 6 nitrogen and oxygen atoms in total. The van der Waals surface area contributed by atoms with Crippen LogP contribution < -0.4 is 10.1 Å². The second kappa shape index (κ2) is 11.6. The van der Waals surface area contributed by atoms with Gasteiger partial charge in [-0.25, -0.2) is 4.98 Å². The standard InChI is InChI=1S/C11H12N2O.C7H13NO.C3H8O/c1-3-8(4-1)14-10-6-2-5-9-11(10)13-7-12-9;9-6-8-7-4-2-1-3-5-7;1-3(2)4/h2,5-8H,1,3-4H2,(H,12,13);6-7H,1-5H2,(H,8,9);3-4H,1-2H3. The molecular weight excluding hydrogens is 342 g/mol. The van der Waals surface area contributed by atoms with E-state index >= 15 is 0 Å². The lowest BCUT2D eigenvalue weighted by Gasteiger charge is -2.26. The van der Waals surface area contributed by atoms with Crippen LogP contribution in [-0.2, 0) is 4.79 Å². The number of aromatic nitrogens is 2. The van der Waals surface area contributed by atoms with Crippen molar-refractivity contribution < 1.29 is 14.6 Å². The van der Waals surface area contributed by atoms with Crippen LogP contribution in [0.1, 0.15) is 65.2 Å². The number of aliphatic hydroxyl groups is 1. The Morgan fingerprint density at radius 3 is 2.48 bits per heavy atom. The van der Waals surface area contributed by atoms with Crippen LogP contribution >= 0.6 is 0 Å². The number of aromatic amines is 1. The molecule has 0 aliphatic heterocycles. The Labute approximate surface area is 161 Å². The lowest BCUT2D eigenvalue weighted by atomic mass is 9.96. The number of hydrogen-bond donors (Lipinski definition) is 3. The lowest BCUT2D eigenvalue weighted by molar-refractivity contribution is -0.110. The lowest BCUT2D eigenvalue weighted by Crippen LogP contribution is -2.29. The van der Waals surface area contributed by atoms with Crippen LogP contribution in [0, 0.1) is 0 Å². The molecule has 27 heavy (non-hydrogen) atoms. The van der Waals surface area contributed by atoms with Gasteiger partial charge >= 0.3 is 0 Å². The monoisotopic (exact) mass is 375 g/mol. The van der Waals surface area contributed by atoms with Crippen molar-refractivity contribution in [2.45, 2.75) is 83.5 Å². The molecule has 0 saturated heterocycles. The van der Waals surface area contributed by atoms with Crippen LogP contribution in [0.4, 0.5) is 0 Å². The van der Waals surface area contributed by atoms with Crippen molar-refractivity contribution in [3.8, 4) is 5.75 Å². The fraction of sp³-hybridized carbons (Fsp3) is 0.619. The predicted octanol–water partition coefficient (Wildman–Crippen LogP) is 3.95. The van der Waals surface area contributed by atoms with Gasteiger partial charge in [-0.3, -0.25) is 4.79 Å². The zero-order valence-electron chi connectivity index (χ0n) is 16.5. The van der Waals surface area contributed by atoms with Gasteiger partial charge in [0.1, 0.15) is 11.3 Å². The van der Waals surface area contributed by atoms with Crippen LogP contribution in [0.25, 0.3) is 11.0 Å². The topological polar surface area (TPSA) is 87.2 Å². The molecule has 1 heterocycles. The summed E-state index contributed by atoms with van der Waals surface area (Å²) in [5.41, 5.74) is 1.99. The SMILES string of the molecule is CC(C)O.O=CNC1CCCCC1.c1cc(OC2CCC2)c2nc[nH]c2c1. The Balaban J connectivity index is 0.000000174. The normalized spacial score (nSPS) is 17.2. The molecule has 4 rings (SSSR count). The summed E-state index contributed by atoms with van der Waals surface area (Å²) in [6.07, 6.45) is 12.7. The number of nitrogens with one attached hydrogen (secondary N) is 2. The van der Waals surface area contributed by atoms with E-state index in [4.69, 9.17) is 9.84 Å². The first-order valence-electron chi connectivity index (χ1n) is 10.1. The quantitative estimate of drug-likeness (QED) is 0.706. The largest absolute Gasteiger partial charge is 0.488 e. The molecule has 2 saturated carbocycles. The van der Waals surface area contributed by atoms with Crippen molar-refractivity contribution in [2.75, 3.05) is 0 Å². The van der Waals surface area contributed by atoms with Crippen LogP contribution in [-0.4, -0.2) is 39.7 Å². The third kappa shape index (κ3) is 7.59. The molecular formula is C21H33N3O3. The minimum atomic E-state index is -0.167. The Kier molecular flexibility index (Phi) is 9.11. The molecule has 1 aromatic carbocycles. The van der Waals surface area contributed by atoms with Gasteiger partial charge in [-0.05, 0) is 58.1 Å². The average Bonchev–Trinajstić information content (AvgIpc) is 3.09. The van der Waals surface area contributed by atoms with Crippen molar-refractivity contribution in [1.29, 1.82) is 0 Å². The summed E-state index contributed by atoms with van der Waals surface area (Å²) in [7, 11) is 0. The van der Waals surface area contributed by atoms with E-state index in [2.05, 4.69) is 15.3 Å². The fourth-order valence-electron chi connectivity index (χ4n) is 3.07. The minimum Gasteiger partial charge on any atom is -0.488 e. The van der Waals surface area contributed by atoms with Crippen molar-refractivity contribution in [3.05, 3.63) is 24.5 Å². The highest BCUT2D eigenvalue weighted by molar-refractivity contribution is 5.81. The van der Waals surface area contributed by atoms with Crippen LogP contribution in [0.5, 0.6) is 5.75 Å². The number of para-hydroxylation sites is 1. The average molecular weight is 376 g/mol. The van der Waals surface area contributed by atoms with Gasteiger partial charge in [0.2, 0.25) is 6.41 Å². The second-order valence-electron chi connectivity index (χ2n) is 7.44. The Bertz CT molecular complexity index is 659. The summed E-state index contributed by atoms with van der Waals surface area (Å²) < 4.78 is 5.84. The highest BCUT2D eigenvalue weighted by atomic mass is 16.5. The van der Waals surface area contributed by atoms with Gasteiger partial charge in [-0.1, -0.05) is 25.3 Å². The van der Waals surface area contributed by atoms with Gasteiger partial charge in [0.15, 0.2) is 0 Å². The highest BCUT2D eigenvalue weighted by Gasteiger charge is 2.20. The number of carbonyl (C=O) groups excluding carboxylic acids is 1. The van der Waals surface area contributed by atoms with Crippen molar-refractivity contribution in [2.24, 2.45) is 0 Å². The van der Waals surface area contributed by atoms with Crippen LogP contribution in [0.3, 0.4) is 0 Å². The number of rotatable bonds is 4. The van der Waals surface area contributed by atoms with Crippen LogP contribution in [0.15, 0.2) is 24.5 Å². The van der Waals surface area contributed by atoms with Gasteiger partial charge in [-0.2, -0.15) is 0 Å². The minimum absolute atomic E-state index is 0.167. The second-order valence-corrected chi connectivity index (χ2v) is 7.44. The number of H-pyrrole nitrogens is 1. The maximum Gasteiger partial charge on any atom is 0.207 e. The summed E-state index contributed by atoms with van der Waals surface area (Å²) in [5.74, 6) is 0.911. The number of hydrogen-bond acceptors (Lipinski definition) is 4. The summed E-state index contributed by atoms with van der Waals surface area (Å²) in [6, 6.07) is 6.47. The molecule has 0 bridgehead atoms. The Morgan fingerprint density at radius 1 is 1.19 bits per heavy atom. The molecule has 0 spiro atoms. The zero-order chi connectivity index (χ0) is 19.5. The number of nitrogens with zero attached hydrogens (tertiary/aromatic N) is 1. The summed E-state index contributed by atoms with van der Waals surface area (Å²) in [4.78, 5) is 17.3. The van der Waals surface area contributed by atoms with E-state index in [1.54, 1.807) is 20.2 Å². The maximum atomic E-state index is 9.96. The Morgan fingerprint density at radius 2 is 1.89 bits per heavy atom. The van der Waals surface area contributed by atoms with E-state index in [0.717, 1.165) is 23.2 Å². The van der Waals surface area contributed by atoms with E-state index in [9.17, 15) is 4.79 Å². The van der Waals surface area contributed by atoms with E-state index in [-0.39, 0.29) is 6.10 Å². The van der Waals surface area contributed by atoms with Crippen molar-refractivity contribution in [3.63, 3.8) is 0 Å². The molecule has 3 N–H and O–H groups in total. The summed E-state index contributed by atoms with van der Waals surface area (Å²) in [6.45, 7) is 3.44. The van der Waals surface area contributed by atoms with Gasteiger partial charge in [0.25, 0.3) is 0 Å². The molecule has 1 aromatic heterocycles. The number of carbonyl (C=O) groups is 1. The molecule has 1 amide bonds. The van der Waals surface area contributed by atoms with Gasteiger partial charge in [-0.15, -0.1) is 0 Å². The number of ether oxygens (including phenoxy) is 1. The molecule has 2 aromatic rings. The number of amides is 1. The first-order valence-corrected chi connectivity index (χ1v) is 10.1. The first kappa shape index (κ1) is 21.2. The van der Waals surface area contributed by atoms with Gasteiger partial charge in [0, 0.05) is 12.1 Å². The summed E-state index contributed by atoms with van der Waals surface area (Å²) >= 11 is 0. The molecule has 2 aliphatic carbocycles. The van der Waals surface area contributed by atoms with Gasteiger partial charge < -0.3 is 20.1 Å². The fourth-order valence-corrected chi connectivity index (χ4v) is 3.07. The molecule has 6 heteroatoms. The smallest absolute Gasteiger partial charge is 0.207 e. The van der Waals surface area contributed by atoms with E-state index in [1.807, 2.05) is 18.2 Å².